The Bertz CT molecular complexity index is 699. The molecule has 0 fully saturated rings. The van der Waals surface area contributed by atoms with Crippen LogP contribution in [0.3, 0.4) is 0 Å². The van der Waals surface area contributed by atoms with Gasteiger partial charge in [-0.1, -0.05) is 70.6 Å². The predicted octanol–water partition coefficient (Wildman–Crippen LogP) is 6.86. The lowest BCUT2D eigenvalue weighted by atomic mass is 9.99. The molecule has 0 aromatic heterocycles. The van der Waals surface area contributed by atoms with Gasteiger partial charge in [0.15, 0.2) is 0 Å². The highest BCUT2D eigenvalue weighted by atomic mass is 19.1. The van der Waals surface area contributed by atoms with Gasteiger partial charge in [0, 0.05) is 16.7 Å². The molecule has 0 unspecified atom stereocenters. The molecule has 0 atom stereocenters. The molecule has 2 rings (SSSR count). The Morgan fingerprint density at radius 1 is 0.840 bits per heavy atom. The van der Waals surface area contributed by atoms with Crippen molar-refractivity contribution in [3.05, 3.63) is 70.0 Å². The molecule has 2 aromatic carbocycles. The van der Waals surface area contributed by atoms with Crippen molar-refractivity contribution in [2.45, 2.75) is 66.7 Å². The van der Waals surface area contributed by atoms with Gasteiger partial charge in [-0.05, 0) is 55.5 Å². The lowest BCUT2D eigenvalue weighted by molar-refractivity contribution is 0.597. The van der Waals surface area contributed by atoms with Crippen molar-refractivity contribution in [2.75, 3.05) is 0 Å². The molecule has 0 amide bonds. The van der Waals surface area contributed by atoms with E-state index >= 15 is 0 Å². The molecule has 0 N–H and O–H groups in total. The van der Waals surface area contributed by atoms with E-state index in [0.717, 1.165) is 36.0 Å². The van der Waals surface area contributed by atoms with Crippen LogP contribution in [0.25, 0.3) is 0 Å². The second kappa shape index (κ2) is 11.5. The monoisotopic (exact) mass is 338 g/mol. The van der Waals surface area contributed by atoms with Gasteiger partial charge in [-0.25, -0.2) is 4.39 Å². The zero-order chi connectivity index (χ0) is 18.7. The molecule has 0 aliphatic heterocycles. The highest BCUT2D eigenvalue weighted by Gasteiger charge is 2.08. The van der Waals surface area contributed by atoms with E-state index in [2.05, 4.69) is 50.0 Å². The molecule has 0 aliphatic carbocycles. The summed E-state index contributed by atoms with van der Waals surface area (Å²) >= 11 is 0. The fourth-order valence-corrected chi connectivity index (χ4v) is 2.63. The maximum absolute atomic E-state index is 14.3. The molecule has 0 bridgehead atoms. The first kappa shape index (κ1) is 21.0. The molecule has 0 nitrogen and oxygen atoms in total. The number of aryl methyl sites for hydroxylation is 2. The zero-order valence-electron chi connectivity index (χ0n) is 16.4. The van der Waals surface area contributed by atoms with Gasteiger partial charge >= 0.3 is 0 Å². The largest absolute Gasteiger partial charge is 0.206 e. The summed E-state index contributed by atoms with van der Waals surface area (Å²) in [6.45, 7) is 10.1. The SMILES string of the molecule is CC.CCCCc1ccc(C#Cc2ccc(C)c(F)c2CCC)cc1. The topological polar surface area (TPSA) is 0 Å². The first-order valence-electron chi connectivity index (χ1n) is 9.54. The van der Waals surface area contributed by atoms with Gasteiger partial charge in [-0.2, -0.15) is 0 Å². The van der Waals surface area contributed by atoms with Crippen molar-refractivity contribution in [1.29, 1.82) is 0 Å². The minimum atomic E-state index is -0.103. The third-order valence-electron chi connectivity index (χ3n) is 4.05. The lowest BCUT2D eigenvalue weighted by Crippen LogP contribution is -1.97. The number of benzene rings is 2. The second-order valence-electron chi connectivity index (χ2n) is 6.02. The van der Waals surface area contributed by atoms with Gasteiger partial charge in [-0.3, -0.25) is 0 Å². The quantitative estimate of drug-likeness (QED) is 0.523. The average molecular weight is 339 g/mol. The van der Waals surface area contributed by atoms with E-state index in [0.29, 0.717) is 5.56 Å². The zero-order valence-corrected chi connectivity index (χ0v) is 16.4. The molecule has 25 heavy (non-hydrogen) atoms. The number of unbranched alkanes of at least 4 members (excludes halogenated alkanes) is 1. The van der Waals surface area contributed by atoms with E-state index in [1.54, 1.807) is 6.92 Å². The maximum atomic E-state index is 14.3. The van der Waals surface area contributed by atoms with Gasteiger partial charge in [0.1, 0.15) is 5.82 Å². The van der Waals surface area contributed by atoms with E-state index in [1.807, 2.05) is 26.0 Å². The molecule has 0 radical (unpaired) electrons. The van der Waals surface area contributed by atoms with Crippen molar-refractivity contribution < 1.29 is 4.39 Å². The van der Waals surface area contributed by atoms with Crippen LogP contribution in [-0.2, 0) is 12.8 Å². The Labute approximate surface area is 153 Å². The Morgan fingerprint density at radius 3 is 2.12 bits per heavy atom. The number of hydrogen-bond donors (Lipinski definition) is 0. The Balaban J connectivity index is 0.00000151. The average Bonchev–Trinajstić information content (AvgIpc) is 2.66. The van der Waals surface area contributed by atoms with Gasteiger partial charge in [0.2, 0.25) is 0 Å². The van der Waals surface area contributed by atoms with Crippen LogP contribution < -0.4 is 0 Å². The molecule has 0 saturated carbocycles. The summed E-state index contributed by atoms with van der Waals surface area (Å²) in [7, 11) is 0. The standard InChI is InChI=1S/C22H25F.C2H6/c1-4-6-8-18-10-12-19(13-11-18)14-16-20-15-9-17(3)22(23)21(20)7-5-2;1-2/h9-13,15H,4-8H2,1-3H3;1-2H3. The lowest BCUT2D eigenvalue weighted by Gasteiger charge is -2.07. The summed E-state index contributed by atoms with van der Waals surface area (Å²) < 4.78 is 14.3. The minimum Gasteiger partial charge on any atom is -0.206 e. The summed E-state index contributed by atoms with van der Waals surface area (Å²) in [6.07, 6.45) is 5.19. The van der Waals surface area contributed by atoms with E-state index in [1.165, 1.54) is 18.4 Å². The van der Waals surface area contributed by atoms with Gasteiger partial charge in [0.25, 0.3) is 0 Å². The maximum Gasteiger partial charge on any atom is 0.130 e. The second-order valence-corrected chi connectivity index (χ2v) is 6.02. The summed E-state index contributed by atoms with van der Waals surface area (Å²) in [4.78, 5) is 0. The molecular formula is C24H31F. The first-order valence-corrected chi connectivity index (χ1v) is 9.54. The fraction of sp³-hybridized carbons (Fsp3) is 0.417. The summed E-state index contributed by atoms with van der Waals surface area (Å²) in [5.74, 6) is 6.22. The molecule has 134 valence electrons. The van der Waals surface area contributed by atoms with Crippen LogP contribution in [0.15, 0.2) is 36.4 Å². The summed E-state index contributed by atoms with van der Waals surface area (Å²) in [6, 6.07) is 12.1. The van der Waals surface area contributed by atoms with Crippen molar-refractivity contribution in [2.24, 2.45) is 0 Å². The van der Waals surface area contributed by atoms with Crippen LogP contribution in [0.4, 0.5) is 4.39 Å². The third-order valence-corrected chi connectivity index (χ3v) is 4.05. The summed E-state index contributed by atoms with van der Waals surface area (Å²) in [5.41, 5.74) is 4.59. The van der Waals surface area contributed by atoms with E-state index in [9.17, 15) is 4.39 Å². The van der Waals surface area contributed by atoms with Crippen molar-refractivity contribution >= 4 is 0 Å². The molecule has 0 saturated heterocycles. The smallest absolute Gasteiger partial charge is 0.130 e. The van der Waals surface area contributed by atoms with Crippen molar-refractivity contribution in [3.8, 4) is 11.8 Å². The van der Waals surface area contributed by atoms with Gasteiger partial charge in [-0.15, -0.1) is 0 Å². The minimum absolute atomic E-state index is 0.103. The number of halogens is 1. The molecule has 0 aliphatic rings. The number of hydrogen-bond acceptors (Lipinski definition) is 0. The van der Waals surface area contributed by atoms with Crippen LogP contribution in [0.5, 0.6) is 0 Å². The molecule has 2 aromatic rings. The first-order chi connectivity index (χ1) is 12.2. The predicted molar refractivity (Wildman–Crippen MR) is 108 cm³/mol. The number of rotatable bonds is 5. The van der Waals surface area contributed by atoms with E-state index in [4.69, 9.17) is 0 Å². The highest BCUT2D eigenvalue weighted by molar-refractivity contribution is 5.48. The van der Waals surface area contributed by atoms with Crippen LogP contribution in [0.1, 0.15) is 74.8 Å². The van der Waals surface area contributed by atoms with Crippen molar-refractivity contribution in [3.63, 3.8) is 0 Å². The highest BCUT2D eigenvalue weighted by Crippen LogP contribution is 2.19. The summed E-state index contributed by atoms with van der Waals surface area (Å²) in [5, 5.41) is 0. The van der Waals surface area contributed by atoms with E-state index < -0.39 is 0 Å². The molecule has 0 heterocycles. The Morgan fingerprint density at radius 2 is 1.52 bits per heavy atom. The van der Waals surface area contributed by atoms with Crippen LogP contribution >= 0.6 is 0 Å². The van der Waals surface area contributed by atoms with Crippen molar-refractivity contribution in [1.82, 2.24) is 0 Å². The van der Waals surface area contributed by atoms with Crippen LogP contribution in [0, 0.1) is 24.6 Å². The molecule has 1 heteroatoms. The van der Waals surface area contributed by atoms with E-state index in [-0.39, 0.29) is 5.82 Å². The normalized spacial score (nSPS) is 9.68. The Kier molecular flexibility index (Phi) is 9.63. The Hall–Kier alpha value is -2.07. The van der Waals surface area contributed by atoms with Crippen LogP contribution in [-0.4, -0.2) is 0 Å². The fourth-order valence-electron chi connectivity index (χ4n) is 2.63. The van der Waals surface area contributed by atoms with Crippen LogP contribution in [0.2, 0.25) is 0 Å². The third kappa shape index (κ3) is 6.39. The molecule has 0 spiro atoms. The molecular weight excluding hydrogens is 307 g/mol. The van der Waals surface area contributed by atoms with Gasteiger partial charge in [0.05, 0.1) is 0 Å². The van der Waals surface area contributed by atoms with Gasteiger partial charge < -0.3 is 0 Å².